The first-order valence-corrected chi connectivity index (χ1v) is 7.30. The Balaban J connectivity index is 2.53. The second kappa shape index (κ2) is 8.64. The lowest BCUT2D eigenvalue weighted by Gasteiger charge is -2.19. The van der Waals surface area contributed by atoms with E-state index in [0.717, 1.165) is 16.6 Å². The van der Waals surface area contributed by atoms with Crippen LogP contribution in [0.5, 0.6) is 0 Å². The summed E-state index contributed by atoms with van der Waals surface area (Å²) in [6.45, 7) is 2.28. The van der Waals surface area contributed by atoms with Gasteiger partial charge in [-0.2, -0.15) is 13.2 Å². The fourth-order valence-electron chi connectivity index (χ4n) is 1.85. The number of ether oxygens (including phenoxy) is 1. The van der Waals surface area contributed by atoms with Crippen molar-refractivity contribution < 1.29 is 17.9 Å². The van der Waals surface area contributed by atoms with Crippen molar-refractivity contribution in [3.63, 3.8) is 0 Å². The Morgan fingerprint density at radius 1 is 1.30 bits per heavy atom. The molecule has 1 rings (SSSR count). The number of hydrogen-bond acceptors (Lipinski definition) is 2. The van der Waals surface area contributed by atoms with Gasteiger partial charge in [-0.15, -0.1) is 0 Å². The second-order valence-electron chi connectivity index (χ2n) is 4.60. The highest BCUT2D eigenvalue weighted by atomic mass is 79.9. The van der Waals surface area contributed by atoms with E-state index in [0.29, 0.717) is 13.0 Å². The zero-order valence-electron chi connectivity index (χ0n) is 11.3. The van der Waals surface area contributed by atoms with Crippen LogP contribution in [-0.2, 0) is 11.2 Å². The van der Waals surface area contributed by atoms with Crippen molar-refractivity contribution in [1.82, 2.24) is 5.32 Å². The minimum Gasteiger partial charge on any atom is -0.372 e. The summed E-state index contributed by atoms with van der Waals surface area (Å²) >= 11 is 3.45. The van der Waals surface area contributed by atoms with Crippen molar-refractivity contribution in [2.45, 2.75) is 19.5 Å². The molecule has 0 spiro atoms. The molecular weight excluding hydrogens is 335 g/mol. The highest BCUT2D eigenvalue weighted by Gasteiger charge is 2.28. The highest BCUT2D eigenvalue weighted by molar-refractivity contribution is 9.10. The van der Waals surface area contributed by atoms with Crippen LogP contribution in [0.2, 0.25) is 0 Å². The fraction of sp³-hybridized carbons (Fsp3) is 0.571. The molecule has 114 valence electrons. The Morgan fingerprint density at radius 2 is 2.00 bits per heavy atom. The fourth-order valence-corrected chi connectivity index (χ4v) is 2.30. The van der Waals surface area contributed by atoms with Crippen molar-refractivity contribution in [3.8, 4) is 0 Å². The molecule has 0 aliphatic carbocycles. The smallest absolute Gasteiger partial charge is 0.372 e. The van der Waals surface area contributed by atoms with Crippen LogP contribution in [0, 0.1) is 5.92 Å². The number of hydrogen-bond donors (Lipinski definition) is 1. The van der Waals surface area contributed by atoms with Gasteiger partial charge in [0, 0.05) is 11.0 Å². The third-order valence-corrected chi connectivity index (χ3v) is 3.54. The first-order chi connectivity index (χ1) is 9.42. The van der Waals surface area contributed by atoms with Crippen molar-refractivity contribution >= 4 is 15.9 Å². The lowest BCUT2D eigenvalue weighted by molar-refractivity contribution is -0.176. The molecular formula is C14H19BrF3NO. The number of nitrogens with one attached hydrogen (secondary N) is 1. The summed E-state index contributed by atoms with van der Waals surface area (Å²) in [5.41, 5.74) is 1.08. The molecule has 20 heavy (non-hydrogen) atoms. The molecule has 2 nitrogen and oxygen atoms in total. The van der Waals surface area contributed by atoms with E-state index in [1.165, 1.54) is 0 Å². The molecule has 0 bridgehead atoms. The van der Waals surface area contributed by atoms with Gasteiger partial charge in [0.15, 0.2) is 0 Å². The van der Waals surface area contributed by atoms with Gasteiger partial charge in [-0.25, -0.2) is 0 Å². The highest BCUT2D eigenvalue weighted by Crippen LogP contribution is 2.20. The van der Waals surface area contributed by atoms with E-state index in [4.69, 9.17) is 4.74 Å². The maximum Gasteiger partial charge on any atom is 0.411 e. The van der Waals surface area contributed by atoms with Crippen LogP contribution in [-0.4, -0.2) is 32.5 Å². The third-order valence-electron chi connectivity index (χ3n) is 2.77. The number of benzene rings is 1. The van der Waals surface area contributed by atoms with Gasteiger partial charge in [-0.1, -0.05) is 41.1 Å². The van der Waals surface area contributed by atoms with E-state index >= 15 is 0 Å². The normalized spacial score (nSPS) is 13.4. The molecule has 0 saturated heterocycles. The zero-order chi connectivity index (χ0) is 15.0. The van der Waals surface area contributed by atoms with Gasteiger partial charge >= 0.3 is 6.18 Å². The van der Waals surface area contributed by atoms with Crippen LogP contribution in [0.3, 0.4) is 0 Å². The van der Waals surface area contributed by atoms with Crippen LogP contribution in [0.1, 0.15) is 12.5 Å². The molecule has 0 amide bonds. The molecule has 0 saturated carbocycles. The van der Waals surface area contributed by atoms with Gasteiger partial charge in [0.1, 0.15) is 6.61 Å². The van der Waals surface area contributed by atoms with Crippen LogP contribution in [0.15, 0.2) is 28.7 Å². The summed E-state index contributed by atoms with van der Waals surface area (Å²) in [6.07, 6.45) is -3.59. The van der Waals surface area contributed by atoms with Gasteiger partial charge in [0.05, 0.1) is 6.61 Å². The molecule has 1 aromatic carbocycles. The van der Waals surface area contributed by atoms with E-state index in [9.17, 15) is 13.2 Å². The van der Waals surface area contributed by atoms with Crippen molar-refractivity contribution in [1.29, 1.82) is 0 Å². The van der Waals surface area contributed by atoms with Crippen LogP contribution < -0.4 is 5.32 Å². The van der Waals surface area contributed by atoms with E-state index in [1.807, 2.05) is 31.2 Å². The lowest BCUT2D eigenvalue weighted by Crippen LogP contribution is -2.29. The summed E-state index contributed by atoms with van der Waals surface area (Å²) in [5.74, 6) is 0.0102. The predicted octanol–water partition coefficient (Wildman–Crippen LogP) is 3.80. The van der Waals surface area contributed by atoms with Crippen LogP contribution in [0.25, 0.3) is 0 Å². The molecule has 1 N–H and O–H groups in total. The van der Waals surface area contributed by atoms with Crippen LogP contribution in [0.4, 0.5) is 13.2 Å². The third kappa shape index (κ3) is 7.26. The van der Waals surface area contributed by atoms with Crippen molar-refractivity contribution in [2.75, 3.05) is 26.3 Å². The summed E-state index contributed by atoms with van der Waals surface area (Å²) in [5, 5.41) is 3.16. The number of halogens is 4. The topological polar surface area (TPSA) is 21.3 Å². The number of alkyl halides is 3. The summed E-state index contributed by atoms with van der Waals surface area (Å²) in [6, 6.07) is 7.72. The van der Waals surface area contributed by atoms with E-state index < -0.39 is 12.8 Å². The largest absolute Gasteiger partial charge is 0.411 e. The Morgan fingerprint density at radius 3 is 2.60 bits per heavy atom. The van der Waals surface area contributed by atoms with E-state index in [2.05, 4.69) is 21.2 Å². The van der Waals surface area contributed by atoms with E-state index in [-0.39, 0.29) is 12.5 Å². The molecule has 0 aliphatic heterocycles. The Bertz CT molecular complexity index is 398. The Labute approximate surface area is 125 Å². The molecule has 0 heterocycles. The van der Waals surface area contributed by atoms with Gasteiger partial charge in [-0.3, -0.25) is 0 Å². The molecule has 0 aromatic heterocycles. The van der Waals surface area contributed by atoms with Gasteiger partial charge in [0.2, 0.25) is 0 Å². The maximum absolute atomic E-state index is 12.1. The average Bonchev–Trinajstić information content (AvgIpc) is 2.36. The maximum atomic E-state index is 12.1. The Kier molecular flexibility index (Phi) is 7.55. The minimum absolute atomic E-state index is 0.0102. The van der Waals surface area contributed by atoms with Gasteiger partial charge < -0.3 is 10.1 Å². The van der Waals surface area contributed by atoms with E-state index in [1.54, 1.807) is 0 Å². The minimum atomic E-state index is -4.27. The molecule has 0 fully saturated rings. The molecule has 1 unspecified atom stereocenters. The van der Waals surface area contributed by atoms with Gasteiger partial charge in [-0.05, 0) is 30.5 Å². The van der Waals surface area contributed by atoms with Gasteiger partial charge in [0.25, 0.3) is 0 Å². The molecule has 1 aromatic rings. The second-order valence-corrected chi connectivity index (χ2v) is 5.45. The molecule has 1 atom stereocenters. The average molecular weight is 354 g/mol. The summed E-state index contributed by atoms with van der Waals surface area (Å²) < 4.78 is 42.1. The standard InChI is InChI=1S/C14H19BrF3NO/c1-2-19-8-11(9-20-10-14(16,17)18)7-12-5-3-4-6-13(12)15/h3-6,11,19H,2,7-10H2,1H3. The summed E-state index contributed by atoms with van der Waals surface area (Å²) in [4.78, 5) is 0. The molecule has 0 aliphatic rings. The Hall–Kier alpha value is -0.590. The SMILES string of the molecule is CCNCC(COCC(F)(F)F)Cc1ccccc1Br. The first kappa shape index (κ1) is 17.5. The molecule has 0 radical (unpaired) electrons. The van der Waals surface area contributed by atoms with Crippen molar-refractivity contribution in [3.05, 3.63) is 34.3 Å². The quantitative estimate of drug-likeness (QED) is 0.767. The monoisotopic (exact) mass is 353 g/mol. The van der Waals surface area contributed by atoms with Crippen LogP contribution >= 0.6 is 15.9 Å². The van der Waals surface area contributed by atoms with Crippen molar-refractivity contribution in [2.24, 2.45) is 5.92 Å². The zero-order valence-corrected chi connectivity index (χ0v) is 12.9. The lowest BCUT2D eigenvalue weighted by atomic mass is 10.00. The summed E-state index contributed by atoms with van der Waals surface area (Å²) in [7, 11) is 0. The number of rotatable bonds is 8. The first-order valence-electron chi connectivity index (χ1n) is 6.51. The molecule has 6 heteroatoms. The predicted molar refractivity (Wildman–Crippen MR) is 76.8 cm³/mol.